The van der Waals surface area contributed by atoms with Crippen LogP contribution in [0.4, 0.5) is 0 Å². The number of hydrogen-bond donors (Lipinski definition) is 1. The first kappa shape index (κ1) is 16.9. The summed E-state index contributed by atoms with van der Waals surface area (Å²) in [5, 5.41) is 0. The molecule has 1 atom stereocenters. The summed E-state index contributed by atoms with van der Waals surface area (Å²) in [6.45, 7) is 3.97. The molecular weight excluding hydrogens is 368 g/mol. The number of pyridine rings is 1. The van der Waals surface area contributed by atoms with Crippen LogP contribution in [-0.4, -0.2) is 20.0 Å². The molecule has 0 bridgehead atoms. The number of sulfonamides is 1. The van der Waals surface area contributed by atoms with Crippen molar-refractivity contribution in [2.45, 2.75) is 24.8 Å². The van der Waals surface area contributed by atoms with E-state index in [9.17, 15) is 8.42 Å². The van der Waals surface area contributed by atoms with Gasteiger partial charge in [0.15, 0.2) is 0 Å². The lowest BCUT2D eigenvalue weighted by atomic mass is 10.2. The normalized spacial score (nSPS) is 12.9. The zero-order valence-corrected chi connectivity index (χ0v) is 14.7. The molecular formula is C15H17BrN2O3S. The van der Waals surface area contributed by atoms with E-state index in [4.69, 9.17) is 4.74 Å². The van der Waals surface area contributed by atoms with Gasteiger partial charge in [-0.05, 0) is 43.7 Å². The maximum absolute atomic E-state index is 12.6. The topological polar surface area (TPSA) is 68.3 Å². The molecule has 1 N–H and O–H groups in total. The Kier molecular flexibility index (Phi) is 5.55. The quantitative estimate of drug-likeness (QED) is 0.829. The number of halogens is 1. The Morgan fingerprint density at radius 2 is 2.14 bits per heavy atom. The highest BCUT2D eigenvalue weighted by atomic mass is 79.9. The average Bonchev–Trinajstić information content (AvgIpc) is 2.49. The zero-order valence-electron chi connectivity index (χ0n) is 12.3. The summed E-state index contributed by atoms with van der Waals surface area (Å²) < 4.78 is 34.0. The highest BCUT2D eigenvalue weighted by Gasteiger charge is 2.23. The fourth-order valence-electron chi connectivity index (χ4n) is 1.96. The van der Waals surface area contributed by atoms with Crippen LogP contribution in [0.5, 0.6) is 5.75 Å². The van der Waals surface area contributed by atoms with Gasteiger partial charge in [-0.1, -0.05) is 22.0 Å². The summed E-state index contributed by atoms with van der Waals surface area (Å²) in [5.74, 6) is 0.330. The Balaban J connectivity index is 2.32. The van der Waals surface area contributed by atoms with E-state index in [2.05, 4.69) is 25.6 Å². The van der Waals surface area contributed by atoms with Crippen molar-refractivity contribution in [3.05, 3.63) is 52.8 Å². The lowest BCUT2D eigenvalue weighted by Gasteiger charge is -2.16. The van der Waals surface area contributed by atoms with Gasteiger partial charge in [-0.25, -0.2) is 13.1 Å². The molecule has 0 saturated carbocycles. The molecule has 22 heavy (non-hydrogen) atoms. The molecule has 0 aliphatic rings. The summed E-state index contributed by atoms with van der Waals surface area (Å²) in [4.78, 5) is 4.11. The van der Waals surface area contributed by atoms with E-state index in [1.165, 1.54) is 6.07 Å². The van der Waals surface area contributed by atoms with Crippen molar-refractivity contribution in [2.24, 2.45) is 0 Å². The van der Waals surface area contributed by atoms with Crippen LogP contribution in [0.3, 0.4) is 0 Å². The standard InChI is InChI=1S/C15H17BrN2O3S/c1-3-21-14-7-6-13(16)9-15(14)22(19,20)18-11(2)12-5-4-8-17-10-12/h4-11,18H,3H2,1-2H3/t11-/m1/s1. The van der Waals surface area contributed by atoms with Crippen molar-refractivity contribution in [3.8, 4) is 5.75 Å². The Bertz CT molecular complexity index is 736. The molecule has 2 rings (SSSR count). The van der Waals surface area contributed by atoms with E-state index in [1.807, 2.05) is 13.0 Å². The molecule has 0 radical (unpaired) electrons. The van der Waals surface area contributed by atoms with Crippen LogP contribution < -0.4 is 9.46 Å². The summed E-state index contributed by atoms with van der Waals surface area (Å²) in [5.41, 5.74) is 0.791. The lowest BCUT2D eigenvalue weighted by Crippen LogP contribution is -2.27. The number of ether oxygens (including phenoxy) is 1. The molecule has 0 aliphatic carbocycles. The van der Waals surface area contributed by atoms with Gasteiger partial charge in [0.05, 0.1) is 6.61 Å². The third-order valence-corrected chi connectivity index (χ3v) is 5.07. The maximum Gasteiger partial charge on any atom is 0.244 e. The first-order valence-electron chi connectivity index (χ1n) is 6.78. The molecule has 1 aromatic heterocycles. The van der Waals surface area contributed by atoms with Gasteiger partial charge >= 0.3 is 0 Å². The molecule has 2 aromatic rings. The Hall–Kier alpha value is -1.44. The van der Waals surface area contributed by atoms with E-state index in [0.29, 0.717) is 16.8 Å². The van der Waals surface area contributed by atoms with Gasteiger partial charge in [0.25, 0.3) is 0 Å². The van der Waals surface area contributed by atoms with Crippen LogP contribution in [-0.2, 0) is 10.0 Å². The minimum atomic E-state index is -3.72. The Labute approximate surface area is 138 Å². The molecule has 0 spiro atoms. The van der Waals surface area contributed by atoms with E-state index in [1.54, 1.807) is 37.5 Å². The van der Waals surface area contributed by atoms with Crippen LogP contribution in [0.25, 0.3) is 0 Å². The summed E-state index contributed by atoms with van der Waals surface area (Å²) in [7, 11) is -3.72. The number of rotatable bonds is 6. The number of nitrogens with one attached hydrogen (secondary N) is 1. The van der Waals surface area contributed by atoms with Gasteiger partial charge in [0.1, 0.15) is 10.6 Å². The minimum Gasteiger partial charge on any atom is -0.492 e. The third kappa shape index (κ3) is 4.06. The highest BCUT2D eigenvalue weighted by Crippen LogP contribution is 2.28. The molecule has 0 aliphatic heterocycles. The largest absolute Gasteiger partial charge is 0.492 e. The summed E-state index contributed by atoms with van der Waals surface area (Å²) >= 11 is 3.29. The predicted octanol–water partition coefficient (Wildman–Crippen LogP) is 3.28. The SMILES string of the molecule is CCOc1ccc(Br)cc1S(=O)(=O)N[C@H](C)c1cccnc1. The van der Waals surface area contributed by atoms with Gasteiger partial charge in [-0.2, -0.15) is 0 Å². The van der Waals surface area contributed by atoms with E-state index < -0.39 is 16.1 Å². The number of nitrogens with zero attached hydrogens (tertiary/aromatic N) is 1. The van der Waals surface area contributed by atoms with Gasteiger partial charge in [-0.15, -0.1) is 0 Å². The third-order valence-electron chi connectivity index (χ3n) is 3.01. The highest BCUT2D eigenvalue weighted by molar-refractivity contribution is 9.10. The van der Waals surface area contributed by atoms with Crippen molar-refractivity contribution in [1.82, 2.24) is 9.71 Å². The van der Waals surface area contributed by atoms with E-state index in [0.717, 1.165) is 5.56 Å². The molecule has 1 heterocycles. The number of hydrogen-bond acceptors (Lipinski definition) is 4. The van der Waals surface area contributed by atoms with Gasteiger partial charge in [-0.3, -0.25) is 4.98 Å². The molecule has 1 aromatic carbocycles. The van der Waals surface area contributed by atoms with Crippen molar-refractivity contribution in [1.29, 1.82) is 0 Å². The van der Waals surface area contributed by atoms with Crippen molar-refractivity contribution in [3.63, 3.8) is 0 Å². The molecule has 118 valence electrons. The van der Waals surface area contributed by atoms with Crippen LogP contribution in [0.15, 0.2) is 52.1 Å². The molecule has 7 heteroatoms. The van der Waals surface area contributed by atoms with E-state index in [-0.39, 0.29) is 4.90 Å². The van der Waals surface area contributed by atoms with Crippen LogP contribution in [0, 0.1) is 0 Å². The second kappa shape index (κ2) is 7.21. The summed E-state index contributed by atoms with van der Waals surface area (Å²) in [6.07, 6.45) is 3.28. The van der Waals surface area contributed by atoms with Crippen molar-refractivity contribution < 1.29 is 13.2 Å². The van der Waals surface area contributed by atoms with E-state index >= 15 is 0 Å². The maximum atomic E-state index is 12.6. The monoisotopic (exact) mass is 384 g/mol. The van der Waals surface area contributed by atoms with Crippen LogP contribution in [0.2, 0.25) is 0 Å². The Morgan fingerprint density at radius 1 is 1.36 bits per heavy atom. The minimum absolute atomic E-state index is 0.111. The fourth-order valence-corrected chi connectivity index (χ4v) is 3.88. The molecule has 0 fully saturated rings. The number of benzene rings is 1. The van der Waals surface area contributed by atoms with Crippen molar-refractivity contribution in [2.75, 3.05) is 6.61 Å². The van der Waals surface area contributed by atoms with Gasteiger partial charge in [0, 0.05) is 22.9 Å². The second-order valence-corrected chi connectivity index (χ2v) is 7.25. The fraction of sp³-hybridized carbons (Fsp3) is 0.267. The first-order chi connectivity index (χ1) is 10.4. The van der Waals surface area contributed by atoms with Crippen molar-refractivity contribution >= 4 is 26.0 Å². The zero-order chi connectivity index (χ0) is 16.2. The molecule has 0 unspecified atom stereocenters. The van der Waals surface area contributed by atoms with Crippen LogP contribution in [0.1, 0.15) is 25.5 Å². The molecule has 0 amide bonds. The Morgan fingerprint density at radius 3 is 2.77 bits per heavy atom. The second-order valence-electron chi connectivity index (χ2n) is 4.65. The smallest absolute Gasteiger partial charge is 0.244 e. The number of aromatic nitrogens is 1. The first-order valence-corrected chi connectivity index (χ1v) is 9.06. The predicted molar refractivity (Wildman–Crippen MR) is 88.3 cm³/mol. The summed E-state index contributed by atoms with van der Waals surface area (Å²) in [6, 6.07) is 8.11. The van der Waals surface area contributed by atoms with Gasteiger partial charge in [0.2, 0.25) is 10.0 Å². The lowest BCUT2D eigenvalue weighted by molar-refractivity contribution is 0.331. The van der Waals surface area contributed by atoms with Crippen LogP contribution >= 0.6 is 15.9 Å². The molecule has 0 saturated heterocycles. The molecule has 5 nitrogen and oxygen atoms in total. The average molecular weight is 385 g/mol. The van der Waals surface area contributed by atoms with Gasteiger partial charge < -0.3 is 4.74 Å².